The van der Waals surface area contributed by atoms with Crippen molar-refractivity contribution in [2.24, 2.45) is 0 Å². The predicted octanol–water partition coefficient (Wildman–Crippen LogP) is 3.04. The van der Waals surface area contributed by atoms with E-state index < -0.39 is 0 Å². The smallest absolute Gasteiger partial charge is 0.253 e. The highest BCUT2D eigenvalue weighted by Crippen LogP contribution is 2.20. The summed E-state index contributed by atoms with van der Waals surface area (Å²) in [6, 6.07) is 7.29. The first-order valence-electron chi connectivity index (χ1n) is 8.20. The van der Waals surface area contributed by atoms with Crippen molar-refractivity contribution in [2.45, 2.75) is 19.4 Å². The molecule has 0 saturated carbocycles. The third-order valence-electron chi connectivity index (χ3n) is 4.47. The van der Waals surface area contributed by atoms with Crippen molar-refractivity contribution in [3.63, 3.8) is 0 Å². The normalized spacial score (nSPS) is 17.3. The summed E-state index contributed by atoms with van der Waals surface area (Å²) in [4.78, 5) is 25.5. The Kier molecular flexibility index (Phi) is 5.43. The van der Waals surface area contributed by atoms with Gasteiger partial charge in [0.1, 0.15) is 0 Å². The van der Waals surface area contributed by atoms with Crippen LogP contribution in [0.1, 0.15) is 35.4 Å². The molecule has 0 aliphatic carbocycles. The Labute approximate surface area is 147 Å². The second-order valence-electron chi connectivity index (χ2n) is 5.99. The van der Waals surface area contributed by atoms with Crippen LogP contribution in [0.5, 0.6) is 0 Å². The van der Waals surface area contributed by atoms with E-state index in [1.165, 1.54) is 0 Å². The van der Waals surface area contributed by atoms with Crippen LogP contribution in [0.25, 0.3) is 0 Å². The highest BCUT2D eigenvalue weighted by molar-refractivity contribution is 6.30. The standard InChI is InChI=1S/C18H21ClN4O/c1-14(17-13-20-7-8-21-17)22-9-2-10-23(12-11-22)18(24)15-3-5-16(19)6-4-15/h3-8,13-14H,2,9-12H2,1H3/t14-/m0/s1. The summed E-state index contributed by atoms with van der Waals surface area (Å²) in [5.41, 5.74) is 1.66. The molecule has 1 aromatic heterocycles. The van der Waals surface area contributed by atoms with Gasteiger partial charge < -0.3 is 4.90 Å². The lowest BCUT2D eigenvalue weighted by Crippen LogP contribution is -2.36. The second-order valence-corrected chi connectivity index (χ2v) is 6.43. The molecule has 0 unspecified atom stereocenters. The molecule has 0 spiro atoms. The van der Waals surface area contributed by atoms with Crippen LogP contribution in [0, 0.1) is 0 Å². The molecule has 1 fully saturated rings. The Hall–Kier alpha value is -1.98. The molecule has 1 aliphatic rings. The van der Waals surface area contributed by atoms with Crippen molar-refractivity contribution < 1.29 is 4.79 Å². The number of hydrogen-bond acceptors (Lipinski definition) is 4. The average molecular weight is 345 g/mol. The molecule has 126 valence electrons. The lowest BCUT2D eigenvalue weighted by Gasteiger charge is -2.27. The van der Waals surface area contributed by atoms with E-state index in [4.69, 9.17) is 11.6 Å². The molecule has 0 N–H and O–H groups in total. The van der Waals surface area contributed by atoms with Crippen molar-refractivity contribution in [2.75, 3.05) is 26.2 Å². The number of amides is 1. The number of carbonyl (C=O) groups is 1. The summed E-state index contributed by atoms with van der Waals surface area (Å²) in [6.45, 7) is 5.40. The van der Waals surface area contributed by atoms with Gasteiger partial charge in [0.2, 0.25) is 0 Å². The molecule has 0 bridgehead atoms. The fourth-order valence-corrected chi connectivity index (χ4v) is 3.14. The minimum Gasteiger partial charge on any atom is -0.337 e. The van der Waals surface area contributed by atoms with Gasteiger partial charge in [-0.15, -0.1) is 0 Å². The molecule has 2 heterocycles. The van der Waals surface area contributed by atoms with Gasteiger partial charge >= 0.3 is 0 Å². The van der Waals surface area contributed by atoms with Gasteiger partial charge in [-0.3, -0.25) is 19.7 Å². The first-order valence-corrected chi connectivity index (χ1v) is 8.58. The summed E-state index contributed by atoms with van der Waals surface area (Å²) >= 11 is 5.90. The molecular formula is C18H21ClN4O. The van der Waals surface area contributed by atoms with Crippen molar-refractivity contribution in [3.05, 3.63) is 59.1 Å². The van der Waals surface area contributed by atoms with Crippen molar-refractivity contribution in [1.29, 1.82) is 0 Å². The van der Waals surface area contributed by atoms with Crippen LogP contribution in [-0.4, -0.2) is 51.9 Å². The van der Waals surface area contributed by atoms with Gasteiger partial charge in [-0.2, -0.15) is 0 Å². The Morgan fingerprint density at radius 2 is 1.92 bits per heavy atom. The lowest BCUT2D eigenvalue weighted by molar-refractivity contribution is 0.0758. The monoisotopic (exact) mass is 344 g/mol. The number of hydrogen-bond donors (Lipinski definition) is 0. The van der Waals surface area contributed by atoms with E-state index in [-0.39, 0.29) is 11.9 Å². The SMILES string of the molecule is C[C@@H](c1cnccn1)N1CCCN(C(=O)c2ccc(Cl)cc2)CC1. The van der Waals surface area contributed by atoms with Gasteiger partial charge in [-0.1, -0.05) is 11.6 Å². The van der Waals surface area contributed by atoms with Crippen LogP contribution in [0.2, 0.25) is 5.02 Å². The van der Waals surface area contributed by atoms with Gasteiger partial charge in [0.25, 0.3) is 5.91 Å². The number of aromatic nitrogens is 2. The topological polar surface area (TPSA) is 49.3 Å². The lowest BCUT2D eigenvalue weighted by atomic mass is 10.2. The molecule has 1 saturated heterocycles. The summed E-state index contributed by atoms with van der Waals surface area (Å²) in [5, 5.41) is 0.645. The quantitative estimate of drug-likeness (QED) is 0.858. The van der Waals surface area contributed by atoms with Gasteiger partial charge in [-0.25, -0.2) is 0 Å². The maximum atomic E-state index is 12.7. The molecule has 3 rings (SSSR count). The second kappa shape index (κ2) is 7.73. The van der Waals surface area contributed by atoms with Crippen LogP contribution >= 0.6 is 11.6 Å². The Morgan fingerprint density at radius 1 is 1.12 bits per heavy atom. The molecule has 6 heteroatoms. The number of carbonyl (C=O) groups excluding carboxylic acids is 1. The van der Waals surface area contributed by atoms with E-state index in [9.17, 15) is 4.79 Å². The molecule has 24 heavy (non-hydrogen) atoms. The third-order valence-corrected chi connectivity index (χ3v) is 4.72. The third kappa shape index (κ3) is 3.91. The number of benzene rings is 1. The number of rotatable bonds is 3. The fourth-order valence-electron chi connectivity index (χ4n) is 3.02. The van der Waals surface area contributed by atoms with E-state index in [1.54, 1.807) is 36.7 Å². The van der Waals surface area contributed by atoms with Crippen LogP contribution in [0.3, 0.4) is 0 Å². The summed E-state index contributed by atoms with van der Waals surface area (Å²) < 4.78 is 0. The van der Waals surface area contributed by atoms with Crippen molar-refractivity contribution in [1.82, 2.24) is 19.8 Å². The molecule has 2 aromatic rings. The largest absolute Gasteiger partial charge is 0.337 e. The zero-order valence-corrected chi connectivity index (χ0v) is 14.5. The minimum atomic E-state index is 0.0701. The van der Waals surface area contributed by atoms with E-state index >= 15 is 0 Å². The Balaban J connectivity index is 1.64. The van der Waals surface area contributed by atoms with Crippen LogP contribution in [0.15, 0.2) is 42.9 Å². The van der Waals surface area contributed by atoms with Crippen molar-refractivity contribution in [3.8, 4) is 0 Å². The van der Waals surface area contributed by atoms with Crippen LogP contribution < -0.4 is 0 Å². The molecule has 1 aliphatic heterocycles. The Bertz CT molecular complexity index is 677. The zero-order chi connectivity index (χ0) is 16.9. The van der Waals surface area contributed by atoms with E-state index in [1.807, 2.05) is 11.1 Å². The minimum absolute atomic E-state index is 0.0701. The molecule has 1 atom stereocenters. The van der Waals surface area contributed by atoms with Gasteiger partial charge in [-0.05, 0) is 37.6 Å². The van der Waals surface area contributed by atoms with E-state index in [2.05, 4.69) is 21.8 Å². The maximum absolute atomic E-state index is 12.7. The first kappa shape index (κ1) is 16.9. The van der Waals surface area contributed by atoms with Gasteiger partial charge in [0.05, 0.1) is 11.7 Å². The predicted molar refractivity (Wildman–Crippen MR) is 94.0 cm³/mol. The van der Waals surface area contributed by atoms with E-state index in [0.717, 1.165) is 31.7 Å². The molecule has 1 amide bonds. The summed E-state index contributed by atoms with van der Waals surface area (Å²) in [6.07, 6.45) is 6.17. The first-order chi connectivity index (χ1) is 11.6. The highest BCUT2D eigenvalue weighted by Gasteiger charge is 2.24. The number of halogens is 1. The maximum Gasteiger partial charge on any atom is 0.253 e. The highest BCUT2D eigenvalue weighted by atomic mass is 35.5. The van der Waals surface area contributed by atoms with Crippen molar-refractivity contribution >= 4 is 17.5 Å². The van der Waals surface area contributed by atoms with E-state index in [0.29, 0.717) is 17.1 Å². The molecule has 0 radical (unpaired) electrons. The average Bonchev–Trinajstić information content (AvgIpc) is 2.88. The Morgan fingerprint density at radius 3 is 2.62 bits per heavy atom. The molecule has 5 nitrogen and oxygen atoms in total. The molecular weight excluding hydrogens is 324 g/mol. The summed E-state index contributed by atoms with van der Waals surface area (Å²) in [7, 11) is 0. The van der Waals surface area contributed by atoms with Gasteiger partial charge in [0, 0.05) is 55.4 Å². The van der Waals surface area contributed by atoms with Crippen LogP contribution in [-0.2, 0) is 0 Å². The number of nitrogens with zero attached hydrogens (tertiary/aromatic N) is 4. The fraction of sp³-hybridized carbons (Fsp3) is 0.389. The zero-order valence-electron chi connectivity index (χ0n) is 13.7. The van der Waals surface area contributed by atoms with Gasteiger partial charge in [0.15, 0.2) is 0 Å². The summed E-state index contributed by atoms with van der Waals surface area (Å²) in [5.74, 6) is 0.0701. The van der Waals surface area contributed by atoms with Crippen LogP contribution in [0.4, 0.5) is 0 Å². The molecule has 1 aromatic carbocycles.